The maximum Gasteiger partial charge on any atom is 0.236 e. The Morgan fingerprint density at radius 3 is 2.50 bits per heavy atom. The molecule has 1 fully saturated rings. The van der Waals surface area contributed by atoms with Crippen molar-refractivity contribution < 1.29 is 9.53 Å². The second-order valence-electron chi connectivity index (χ2n) is 7.06. The molecule has 5 nitrogen and oxygen atoms in total. The lowest BCUT2D eigenvalue weighted by Gasteiger charge is -2.35. The molecular weight excluding hydrogens is 373 g/mol. The minimum absolute atomic E-state index is 0. The summed E-state index contributed by atoms with van der Waals surface area (Å²) in [5.74, 6) is 0.354. The fourth-order valence-corrected chi connectivity index (χ4v) is 3.17. The van der Waals surface area contributed by atoms with E-state index in [0.717, 1.165) is 26.3 Å². The lowest BCUT2D eigenvalue weighted by atomic mass is 10.0. The zero-order valence-corrected chi connectivity index (χ0v) is 17.6. The summed E-state index contributed by atoms with van der Waals surface area (Å²) in [4.78, 5) is 14.7. The Morgan fingerprint density at radius 2 is 1.92 bits per heavy atom. The minimum atomic E-state index is -0.437. The predicted molar refractivity (Wildman–Crippen MR) is 111 cm³/mol. The molecule has 1 aliphatic heterocycles. The number of carbonyl (C=O) groups is 1. The predicted octanol–water partition coefficient (Wildman–Crippen LogP) is 2.70. The summed E-state index contributed by atoms with van der Waals surface area (Å²) >= 11 is 0. The first kappa shape index (κ1) is 25.1. The number of nitrogens with two attached hydrogens (primary N) is 1. The van der Waals surface area contributed by atoms with Crippen LogP contribution in [-0.4, -0.2) is 49.7 Å². The number of nitrogens with one attached hydrogen (secondary N) is 1. The summed E-state index contributed by atoms with van der Waals surface area (Å²) in [7, 11) is 0. The Bertz CT molecular complexity index is 537. The van der Waals surface area contributed by atoms with Crippen molar-refractivity contribution in [1.29, 1.82) is 0 Å². The maximum absolute atomic E-state index is 12.3. The summed E-state index contributed by atoms with van der Waals surface area (Å²) < 4.78 is 5.47. The molecule has 0 aromatic heterocycles. The number of halogens is 2. The molecule has 1 aliphatic rings. The molecule has 150 valence electrons. The van der Waals surface area contributed by atoms with Crippen LogP contribution in [0.3, 0.4) is 0 Å². The van der Waals surface area contributed by atoms with Gasteiger partial charge in [0.2, 0.25) is 5.91 Å². The number of morpholine rings is 1. The quantitative estimate of drug-likeness (QED) is 0.731. The number of amides is 1. The van der Waals surface area contributed by atoms with Crippen LogP contribution in [0.4, 0.5) is 0 Å². The Morgan fingerprint density at radius 1 is 1.27 bits per heavy atom. The van der Waals surface area contributed by atoms with E-state index in [1.807, 2.05) is 0 Å². The standard InChI is InChI=1S/C19H31N3O2.2ClH/c1-14(2)11-17(20)19(23)21-13-18(22-7-9-24-10-8-22)16-6-4-5-15(3)12-16;;/h4-6,12,14,17-18H,7-11,13,20H2,1-3H3,(H,21,23);2*1H/t17-,18?;;/m0../s1. The van der Waals surface area contributed by atoms with Crippen molar-refractivity contribution in [1.82, 2.24) is 10.2 Å². The number of benzene rings is 1. The summed E-state index contributed by atoms with van der Waals surface area (Å²) in [5.41, 5.74) is 8.46. The van der Waals surface area contributed by atoms with E-state index in [1.165, 1.54) is 11.1 Å². The van der Waals surface area contributed by atoms with Crippen LogP contribution in [0.1, 0.15) is 37.4 Å². The molecule has 0 saturated carbocycles. The Kier molecular flexibility index (Phi) is 12.1. The fraction of sp³-hybridized carbons (Fsp3) is 0.632. The van der Waals surface area contributed by atoms with E-state index in [4.69, 9.17) is 10.5 Å². The molecule has 0 aliphatic carbocycles. The number of nitrogens with zero attached hydrogens (tertiary/aromatic N) is 1. The molecule has 1 saturated heterocycles. The van der Waals surface area contributed by atoms with Gasteiger partial charge in [0, 0.05) is 19.6 Å². The number of hydrogen-bond donors (Lipinski definition) is 2. The fourth-order valence-electron chi connectivity index (χ4n) is 3.17. The van der Waals surface area contributed by atoms with Crippen molar-refractivity contribution in [3.8, 4) is 0 Å². The van der Waals surface area contributed by atoms with Crippen LogP contribution in [0.15, 0.2) is 24.3 Å². The molecule has 2 rings (SSSR count). The maximum atomic E-state index is 12.3. The average molecular weight is 406 g/mol. The zero-order valence-electron chi connectivity index (χ0n) is 15.9. The molecule has 0 spiro atoms. The highest BCUT2D eigenvalue weighted by atomic mass is 35.5. The van der Waals surface area contributed by atoms with Gasteiger partial charge in [-0.1, -0.05) is 43.7 Å². The molecule has 1 heterocycles. The van der Waals surface area contributed by atoms with Gasteiger partial charge in [-0.05, 0) is 24.8 Å². The van der Waals surface area contributed by atoms with Crippen LogP contribution in [0.5, 0.6) is 0 Å². The second kappa shape index (κ2) is 12.5. The molecule has 2 atom stereocenters. The molecule has 26 heavy (non-hydrogen) atoms. The van der Waals surface area contributed by atoms with Crippen molar-refractivity contribution in [2.45, 2.75) is 39.3 Å². The molecule has 1 amide bonds. The van der Waals surface area contributed by atoms with E-state index < -0.39 is 6.04 Å². The molecule has 1 aromatic rings. The first-order valence-corrected chi connectivity index (χ1v) is 8.89. The number of aryl methyl sites for hydroxylation is 1. The first-order valence-electron chi connectivity index (χ1n) is 8.89. The van der Waals surface area contributed by atoms with E-state index in [-0.39, 0.29) is 36.8 Å². The van der Waals surface area contributed by atoms with Crippen LogP contribution >= 0.6 is 24.8 Å². The van der Waals surface area contributed by atoms with Crippen molar-refractivity contribution in [3.05, 3.63) is 35.4 Å². The highest BCUT2D eigenvalue weighted by molar-refractivity contribution is 5.85. The van der Waals surface area contributed by atoms with E-state index in [0.29, 0.717) is 18.9 Å². The van der Waals surface area contributed by atoms with Crippen LogP contribution in [0.2, 0.25) is 0 Å². The van der Waals surface area contributed by atoms with Gasteiger partial charge in [-0.25, -0.2) is 0 Å². The Labute approximate surface area is 169 Å². The highest BCUT2D eigenvalue weighted by Crippen LogP contribution is 2.22. The monoisotopic (exact) mass is 405 g/mol. The largest absolute Gasteiger partial charge is 0.379 e. The van der Waals surface area contributed by atoms with E-state index in [2.05, 4.69) is 55.3 Å². The van der Waals surface area contributed by atoms with E-state index >= 15 is 0 Å². The summed E-state index contributed by atoms with van der Waals surface area (Å²) in [6.07, 6.45) is 0.707. The molecule has 1 unspecified atom stereocenters. The number of carbonyl (C=O) groups excluding carboxylic acids is 1. The van der Waals surface area contributed by atoms with Crippen molar-refractivity contribution in [2.75, 3.05) is 32.8 Å². The van der Waals surface area contributed by atoms with E-state index in [9.17, 15) is 4.79 Å². The normalized spacial score (nSPS) is 17.0. The number of ether oxygens (including phenoxy) is 1. The molecular formula is C19H33Cl2N3O2. The third-order valence-corrected chi connectivity index (χ3v) is 4.45. The van der Waals surface area contributed by atoms with Crippen LogP contribution in [0.25, 0.3) is 0 Å². The van der Waals surface area contributed by atoms with Gasteiger partial charge in [0.1, 0.15) is 0 Å². The van der Waals surface area contributed by atoms with Crippen molar-refractivity contribution in [3.63, 3.8) is 0 Å². The van der Waals surface area contributed by atoms with Gasteiger partial charge in [0.05, 0.1) is 25.3 Å². The van der Waals surface area contributed by atoms with Gasteiger partial charge < -0.3 is 15.8 Å². The summed E-state index contributed by atoms with van der Waals surface area (Å²) in [6, 6.07) is 8.21. The van der Waals surface area contributed by atoms with Crippen molar-refractivity contribution >= 4 is 30.7 Å². The molecule has 3 N–H and O–H groups in total. The topological polar surface area (TPSA) is 67.6 Å². The van der Waals surface area contributed by atoms with Gasteiger partial charge in [-0.2, -0.15) is 0 Å². The van der Waals surface area contributed by atoms with Gasteiger partial charge in [-0.15, -0.1) is 24.8 Å². The van der Waals surface area contributed by atoms with Crippen molar-refractivity contribution in [2.24, 2.45) is 11.7 Å². The lowest BCUT2D eigenvalue weighted by Crippen LogP contribution is -2.47. The van der Waals surface area contributed by atoms with E-state index in [1.54, 1.807) is 0 Å². The third kappa shape index (κ3) is 7.80. The SMILES string of the molecule is Cc1cccc(C(CNC(=O)[C@@H](N)CC(C)C)N2CCOCC2)c1.Cl.Cl. The number of rotatable bonds is 7. The third-order valence-electron chi connectivity index (χ3n) is 4.45. The zero-order chi connectivity index (χ0) is 17.5. The summed E-state index contributed by atoms with van der Waals surface area (Å²) in [5, 5.41) is 3.06. The highest BCUT2D eigenvalue weighted by Gasteiger charge is 2.24. The average Bonchev–Trinajstić information content (AvgIpc) is 2.55. The molecule has 1 aromatic carbocycles. The minimum Gasteiger partial charge on any atom is -0.379 e. The smallest absolute Gasteiger partial charge is 0.236 e. The van der Waals surface area contributed by atoms with Crippen LogP contribution in [0, 0.1) is 12.8 Å². The van der Waals surface area contributed by atoms with Gasteiger partial charge in [0.15, 0.2) is 0 Å². The van der Waals surface area contributed by atoms with Gasteiger partial charge in [-0.3, -0.25) is 9.69 Å². The first-order chi connectivity index (χ1) is 11.5. The van der Waals surface area contributed by atoms with Gasteiger partial charge in [0.25, 0.3) is 0 Å². The summed E-state index contributed by atoms with van der Waals surface area (Å²) in [6.45, 7) is 10.1. The Balaban J connectivity index is 0.00000312. The van der Waals surface area contributed by atoms with Crippen LogP contribution < -0.4 is 11.1 Å². The lowest BCUT2D eigenvalue weighted by molar-refractivity contribution is -0.123. The molecule has 7 heteroatoms. The molecule has 0 bridgehead atoms. The number of hydrogen-bond acceptors (Lipinski definition) is 4. The van der Waals surface area contributed by atoms with Gasteiger partial charge >= 0.3 is 0 Å². The Hall–Kier alpha value is -0.850. The van der Waals surface area contributed by atoms with Crippen LogP contribution in [-0.2, 0) is 9.53 Å². The second-order valence-corrected chi connectivity index (χ2v) is 7.06. The molecule has 0 radical (unpaired) electrons.